The number of primary amides is 1. The number of anilines is 1. The lowest BCUT2D eigenvalue weighted by atomic mass is 9.95. The Morgan fingerprint density at radius 2 is 1.63 bits per heavy atom. The number of aromatic nitrogens is 1. The molecule has 2 aromatic carbocycles. The number of nitrogens with two attached hydrogens (primary N) is 1. The molecule has 2 aromatic heterocycles. The molecule has 0 unspecified atom stereocenters. The molecule has 0 spiro atoms. The van der Waals surface area contributed by atoms with E-state index in [-0.39, 0.29) is 5.91 Å². The number of carbonyl (C=O) groups excluding carboxylic acids is 2. The Morgan fingerprint density at radius 1 is 0.914 bits per heavy atom. The van der Waals surface area contributed by atoms with Crippen LogP contribution in [0.2, 0.25) is 0 Å². The average molecular weight is 484 g/mol. The van der Waals surface area contributed by atoms with Crippen LogP contribution in [0.4, 0.5) is 5.00 Å². The second kappa shape index (κ2) is 9.62. The third kappa shape index (κ3) is 4.46. The number of thiophene rings is 1. The van der Waals surface area contributed by atoms with Gasteiger partial charge in [-0.25, -0.2) is 4.98 Å². The number of rotatable bonds is 4. The topological polar surface area (TPSA) is 85.1 Å². The summed E-state index contributed by atoms with van der Waals surface area (Å²) in [5.41, 5.74) is 12.4. The summed E-state index contributed by atoms with van der Waals surface area (Å²) in [4.78, 5) is 32.4. The summed E-state index contributed by atoms with van der Waals surface area (Å²) in [6.07, 6.45) is 6.21. The molecule has 1 aliphatic carbocycles. The van der Waals surface area contributed by atoms with Crippen molar-refractivity contribution in [2.75, 3.05) is 5.32 Å². The van der Waals surface area contributed by atoms with E-state index in [0.29, 0.717) is 16.1 Å². The van der Waals surface area contributed by atoms with Gasteiger partial charge in [0.1, 0.15) is 5.00 Å². The zero-order chi connectivity index (χ0) is 24.5. The highest BCUT2D eigenvalue weighted by atomic mass is 32.1. The van der Waals surface area contributed by atoms with E-state index in [9.17, 15) is 9.59 Å². The monoisotopic (exact) mass is 483 g/mol. The first-order valence-corrected chi connectivity index (χ1v) is 13.0. The normalized spacial score (nSPS) is 13.7. The average Bonchev–Trinajstić information content (AvgIpc) is 3.15. The predicted molar refractivity (Wildman–Crippen MR) is 143 cm³/mol. The van der Waals surface area contributed by atoms with Crippen LogP contribution in [0.5, 0.6) is 0 Å². The molecule has 6 heteroatoms. The van der Waals surface area contributed by atoms with Crippen LogP contribution in [0.25, 0.3) is 22.2 Å². The molecule has 0 saturated carbocycles. The van der Waals surface area contributed by atoms with Crippen LogP contribution in [0.1, 0.15) is 68.0 Å². The van der Waals surface area contributed by atoms with Crippen LogP contribution in [0.15, 0.2) is 48.5 Å². The number of amides is 2. The molecule has 0 atom stereocenters. The van der Waals surface area contributed by atoms with Crippen LogP contribution in [0, 0.1) is 13.8 Å². The number of nitrogens with one attached hydrogen (secondary N) is 1. The SMILES string of the molecule is Cc1ccc(-c2nc3ccccc3c(C(=O)Nc3sc4c(c3C(N)=O)CCCCCC4)c2C)cc1. The van der Waals surface area contributed by atoms with Crippen molar-refractivity contribution in [3.8, 4) is 11.3 Å². The van der Waals surface area contributed by atoms with Gasteiger partial charge in [-0.2, -0.15) is 0 Å². The van der Waals surface area contributed by atoms with Gasteiger partial charge in [-0.1, -0.05) is 60.9 Å². The van der Waals surface area contributed by atoms with Crippen molar-refractivity contribution in [1.29, 1.82) is 0 Å². The van der Waals surface area contributed by atoms with E-state index in [1.807, 2.05) is 62.4 Å². The summed E-state index contributed by atoms with van der Waals surface area (Å²) >= 11 is 1.50. The standard InChI is InChI=1S/C29H29N3O2S/c1-17-13-15-19(16-14-17)26-18(2)24(20-9-7-8-11-22(20)31-26)28(34)32-29-25(27(30)33)21-10-5-3-4-6-12-23(21)35-29/h7-9,11,13-16H,3-6,10,12H2,1-2H3,(H2,30,33)(H,32,34). The van der Waals surface area contributed by atoms with Crippen molar-refractivity contribution in [2.45, 2.75) is 52.4 Å². The van der Waals surface area contributed by atoms with Crippen LogP contribution < -0.4 is 11.1 Å². The summed E-state index contributed by atoms with van der Waals surface area (Å²) in [6, 6.07) is 15.9. The molecule has 1 aliphatic rings. The molecule has 2 heterocycles. The summed E-state index contributed by atoms with van der Waals surface area (Å²) in [5.74, 6) is -0.721. The molecule has 178 valence electrons. The first kappa shape index (κ1) is 23.2. The third-order valence-electron chi connectivity index (χ3n) is 6.83. The van der Waals surface area contributed by atoms with Crippen LogP contribution >= 0.6 is 11.3 Å². The number of aryl methyl sites for hydroxylation is 2. The fourth-order valence-corrected chi connectivity index (χ4v) is 6.32. The Labute approximate surface area is 209 Å². The number of hydrogen-bond donors (Lipinski definition) is 2. The number of nitrogens with zero attached hydrogens (tertiary/aromatic N) is 1. The predicted octanol–water partition coefficient (Wildman–Crippen LogP) is 6.59. The van der Waals surface area contributed by atoms with Crippen molar-refractivity contribution in [1.82, 2.24) is 4.98 Å². The quantitative estimate of drug-likeness (QED) is 0.343. The molecule has 0 aliphatic heterocycles. The van der Waals surface area contributed by atoms with Gasteiger partial charge in [-0.3, -0.25) is 9.59 Å². The van der Waals surface area contributed by atoms with E-state index in [1.165, 1.54) is 22.6 Å². The van der Waals surface area contributed by atoms with Crippen molar-refractivity contribution in [3.05, 3.63) is 81.2 Å². The summed E-state index contributed by atoms with van der Waals surface area (Å²) in [5, 5.41) is 4.43. The van der Waals surface area contributed by atoms with Gasteiger partial charge in [0.2, 0.25) is 0 Å². The van der Waals surface area contributed by atoms with Gasteiger partial charge in [0.15, 0.2) is 0 Å². The summed E-state index contributed by atoms with van der Waals surface area (Å²) in [7, 11) is 0. The molecule has 0 bridgehead atoms. The van der Waals surface area contributed by atoms with E-state index in [4.69, 9.17) is 10.7 Å². The molecule has 2 amide bonds. The van der Waals surface area contributed by atoms with Gasteiger partial charge in [-0.05, 0) is 56.7 Å². The maximum absolute atomic E-state index is 13.8. The number of benzene rings is 2. The maximum atomic E-state index is 13.8. The van der Waals surface area contributed by atoms with Crippen LogP contribution in [-0.2, 0) is 12.8 Å². The van der Waals surface area contributed by atoms with Crippen LogP contribution in [0.3, 0.4) is 0 Å². The molecular formula is C29H29N3O2S. The molecule has 0 saturated heterocycles. The van der Waals surface area contributed by atoms with Crippen molar-refractivity contribution in [3.63, 3.8) is 0 Å². The highest BCUT2D eigenvalue weighted by molar-refractivity contribution is 7.17. The smallest absolute Gasteiger partial charge is 0.257 e. The summed E-state index contributed by atoms with van der Waals surface area (Å²) < 4.78 is 0. The molecule has 4 aromatic rings. The minimum Gasteiger partial charge on any atom is -0.365 e. The van der Waals surface area contributed by atoms with Gasteiger partial charge in [0, 0.05) is 15.8 Å². The van der Waals surface area contributed by atoms with E-state index in [2.05, 4.69) is 5.32 Å². The van der Waals surface area contributed by atoms with Gasteiger partial charge in [0.05, 0.1) is 22.3 Å². The number of hydrogen-bond acceptors (Lipinski definition) is 4. The van der Waals surface area contributed by atoms with Gasteiger partial charge < -0.3 is 11.1 Å². The minimum atomic E-state index is -0.477. The molecule has 0 radical (unpaired) electrons. The Hall–Kier alpha value is -3.51. The number of fused-ring (bicyclic) bond motifs is 2. The Balaban J connectivity index is 1.62. The molecule has 35 heavy (non-hydrogen) atoms. The lowest BCUT2D eigenvalue weighted by Crippen LogP contribution is -2.19. The molecule has 5 rings (SSSR count). The Kier molecular flexibility index (Phi) is 6.39. The number of para-hydroxylation sites is 1. The molecular weight excluding hydrogens is 454 g/mol. The minimum absolute atomic E-state index is 0.244. The largest absolute Gasteiger partial charge is 0.365 e. The summed E-state index contributed by atoms with van der Waals surface area (Å²) in [6.45, 7) is 3.98. The van der Waals surface area contributed by atoms with Crippen molar-refractivity contribution in [2.24, 2.45) is 5.73 Å². The van der Waals surface area contributed by atoms with Crippen molar-refractivity contribution < 1.29 is 9.59 Å². The van der Waals surface area contributed by atoms with E-state index in [0.717, 1.165) is 71.0 Å². The zero-order valence-electron chi connectivity index (χ0n) is 20.1. The first-order valence-electron chi connectivity index (χ1n) is 12.2. The van der Waals surface area contributed by atoms with E-state index in [1.54, 1.807) is 0 Å². The zero-order valence-corrected chi connectivity index (χ0v) is 20.9. The number of carbonyl (C=O) groups is 2. The Bertz CT molecular complexity index is 1440. The molecule has 5 nitrogen and oxygen atoms in total. The third-order valence-corrected chi connectivity index (χ3v) is 8.04. The second-order valence-electron chi connectivity index (χ2n) is 9.28. The van der Waals surface area contributed by atoms with Gasteiger partial charge in [-0.15, -0.1) is 11.3 Å². The molecule has 0 fully saturated rings. The highest BCUT2D eigenvalue weighted by Crippen LogP contribution is 2.38. The van der Waals surface area contributed by atoms with E-state index < -0.39 is 5.91 Å². The lowest BCUT2D eigenvalue weighted by molar-refractivity contribution is 0.100. The Morgan fingerprint density at radius 3 is 2.37 bits per heavy atom. The first-order chi connectivity index (χ1) is 16.9. The van der Waals surface area contributed by atoms with E-state index >= 15 is 0 Å². The highest BCUT2D eigenvalue weighted by Gasteiger charge is 2.26. The lowest BCUT2D eigenvalue weighted by Gasteiger charge is -2.15. The van der Waals surface area contributed by atoms with Gasteiger partial charge in [0.25, 0.3) is 11.8 Å². The maximum Gasteiger partial charge on any atom is 0.257 e. The fraction of sp³-hybridized carbons (Fsp3) is 0.276. The fourth-order valence-electron chi connectivity index (χ4n) is 5.03. The van der Waals surface area contributed by atoms with Crippen LogP contribution in [-0.4, -0.2) is 16.8 Å². The van der Waals surface area contributed by atoms with Crippen molar-refractivity contribution >= 4 is 39.1 Å². The number of pyridine rings is 1. The molecule has 3 N–H and O–H groups in total. The second-order valence-corrected chi connectivity index (χ2v) is 10.4. The van der Waals surface area contributed by atoms with Gasteiger partial charge >= 0.3 is 0 Å².